The number of nitriles is 1. The Morgan fingerprint density at radius 2 is 1.92 bits per heavy atom. The second-order valence-corrected chi connectivity index (χ2v) is 6.39. The molecule has 1 aromatic heterocycles. The first kappa shape index (κ1) is 16.5. The highest BCUT2D eigenvalue weighted by Gasteiger charge is 2.10. The molecule has 0 saturated heterocycles. The minimum absolute atomic E-state index is 0.202. The molecule has 0 fully saturated rings. The van der Waals surface area contributed by atoms with Gasteiger partial charge in [0.15, 0.2) is 10.7 Å². The lowest BCUT2D eigenvalue weighted by Crippen LogP contribution is -2.01. The van der Waals surface area contributed by atoms with Crippen LogP contribution in [0.3, 0.4) is 0 Å². The van der Waals surface area contributed by atoms with Crippen LogP contribution in [0.2, 0.25) is 10.0 Å². The number of halogens is 2. The molecule has 0 radical (unpaired) electrons. The lowest BCUT2D eigenvalue weighted by Gasteiger charge is -2.02. The standard InChI is InChI=1S/C17H10Cl2N4S/c18-13-7-6-12(8-14(13)19)22-23-15(9-20)17-21-16(10-24-17)11-4-2-1-3-5-11/h1-8,10,22H/b23-15-. The largest absolute Gasteiger partial charge is 0.277 e. The van der Waals surface area contributed by atoms with Crippen LogP contribution in [0.1, 0.15) is 5.01 Å². The molecule has 0 spiro atoms. The van der Waals surface area contributed by atoms with E-state index in [2.05, 4.69) is 21.6 Å². The van der Waals surface area contributed by atoms with Crippen molar-refractivity contribution in [2.24, 2.45) is 5.10 Å². The normalized spacial score (nSPS) is 11.1. The van der Waals surface area contributed by atoms with Gasteiger partial charge in [-0.25, -0.2) is 4.98 Å². The third-order valence-electron chi connectivity index (χ3n) is 3.10. The SMILES string of the molecule is N#C/C(=N/Nc1ccc(Cl)c(Cl)c1)c1nc(-c2ccccc2)cs1. The molecule has 2 aromatic carbocycles. The molecular formula is C17H10Cl2N4S. The Morgan fingerprint density at radius 1 is 1.12 bits per heavy atom. The first-order valence-corrected chi connectivity index (χ1v) is 8.51. The zero-order valence-electron chi connectivity index (χ0n) is 12.2. The number of anilines is 1. The third kappa shape index (κ3) is 3.74. The summed E-state index contributed by atoms with van der Waals surface area (Å²) in [5.74, 6) is 0. The Balaban J connectivity index is 1.82. The average Bonchev–Trinajstić information content (AvgIpc) is 3.09. The predicted octanol–water partition coefficient (Wildman–Crippen LogP) is 5.46. The van der Waals surface area contributed by atoms with E-state index in [9.17, 15) is 5.26 Å². The molecule has 24 heavy (non-hydrogen) atoms. The highest BCUT2D eigenvalue weighted by molar-refractivity contribution is 7.12. The highest BCUT2D eigenvalue weighted by atomic mass is 35.5. The molecule has 0 atom stereocenters. The van der Waals surface area contributed by atoms with Crippen LogP contribution in [0, 0.1) is 11.3 Å². The minimum Gasteiger partial charge on any atom is -0.277 e. The molecule has 0 aliphatic carbocycles. The van der Waals surface area contributed by atoms with Crippen LogP contribution in [0.5, 0.6) is 0 Å². The van der Waals surface area contributed by atoms with Gasteiger partial charge in [-0.3, -0.25) is 5.43 Å². The summed E-state index contributed by atoms with van der Waals surface area (Å²) in [7, 11) is 0. The topological polar surface area (TPSA) is 61.1 Å². The van der Waals surface area contributed by atoms with Crippen LogP contribution in [0.15, 0.2) is 59.0 Å². The van der Waals surface area contributed by atoms with Crippen molar-refractivity contribution in [3.63, 3.8) is 0 Å². The summed E-state index contributed by atoms with van der Waals surface area (Å²) in [5.41, 5.74) is 5.45. The van der Waals surface area contributed by atoms with Crippen LogP contribution in [0.25, 0.3) is 11.3 Å². The Hall–Kier alpha value is -2.39. The van der Waals surface area contributed by atoms with Crippen molar-refractivity contribution in [1.82, 2.24) is 4.98 Å². The van der Waals surface area contributed by atoms with Crippen LogP contribution in [-0.2, 0) is 0 Å². The van der Waals surface area contributed by atoms with Gasteiger partial charge < -0.3 is 0 Å². The van der Waals surface area contributed by atoms with E-state index in [1.54, 1.807) is 18.2 Å². The van der Waals surface area contributed by atoms with Gasteiger partial charge in [0.05, 0.1) is 21.4 Å². The molecule has 1 N–H and O–H groups in total. The zero-order valence-corrected chi connectivity index (χ0v) is 14.5. The summed E-state index contributed by atoms with van der Waals surface area (Å²) in [6.45, 7) is 0. The van der Waals surface area contributed by atoms with Gasteiger partial charge in [0.25, 0.3) is 0 Å². The van der Waals surface area contributed by atoms with Crippen LogP contribution in [-0.4, -0.2) is 10.7 Å². The van der Waals surface area contributed by atoms with E-state index in [1.807, 2.05) is 35.7 Å². The average molecular weight is 373 g/mol. The lowest BCUT2D eigenvalue weighted by molar-refractivity contribution is 1.31. The zero-order chi connectivity index (χ0) is 16.9. The van der Waals surface area contributed by atoms with Crippen molar-refractivity contribution in [1.29, 1.82) is 5.26 Å². The molecule has 3 rings (SSSR count). The van der Waals surface area contributed by atoms with Crippen LogP contribution >= 0.6 is 34.5 Å². The molecule has 0 aliphatic rings. The summed E-state index contributed by atoms with van der Waals surface area (Å²) >= 11 is 13.2. The monoisotopic (exact) mass is 372 g/mol. The van der Waals surface area contributed by atoms with Gasteiger partial charge in [-0.1, -0.05) is 53.5 Å². The van der Waals surface area contributed by atoms with Crippen molar-refractivity contribution in [3.8, 4) is 17.3 Å². The Morgan fingerprint density at radius 3 is 2.62 bits per heavy atom. The van der Waals surface area contributed by atoms with Crippen molar-refractivity contribution < 1.29 is 0 Å². The van der Waals surface area contributed by atoms with Gasteiger partial charge in [0, 0.05) is 10.9 Å². The maximum Gasteiger partial charge on any atom is 0.196 e. The summed E-state index contributed by atoms with van der Waals surface area (Å²) in [6.07, 6.45) is 0. The van der Waals surface area contributed by atoms with Crippen molar-refractivity contribution in [2.75, 3.05) is 5.43 Å². The second-order valence-electron chi connectivity index (χ2n) is 4.72. The molecule has 0 unspecified atom stereocenters. The van der Waals surface area contributed by atoms with E-state index in [4.69, 9.17) is 23.2 Å². The van der Waals surface area contributed by atoms with E-state index < -0.39 is 0 Å². The van der Waals surface area contributed by atoms with Crippen molar-refractivity contribution in [3.05, 3.63) is 69.0 Å². The van der Waals surface area contributed by atoms with E-state index >= 15 is 0 Å². The number of aromatic nitrogens is 1. The number of hydrogen-bond donors (Lipinski definition) is 1. The number of hydrazone groups is 1. The van der Waals surface area contributed by atoms with E-state index in [0.717, 1.165) is 11.3 Å². The Kier molecular flexibility index (Phi) is 5.11. The first-order valence-electron chi connectivity index (χ1n) is 6.87. The van der Waals surface area contributed by atoms with Gasteiger partial charge in [-0.2, -0.15) is 10.4 Å². The van der Waals surface area contributed by atoms with E-state index in [-0.39, 0.29) is 5.71 Å². The first-order chi connectivity index (χ1) is 11.7. The molecule has 0 bridgehead atoms. The highest BCUT2D eigenvalue weighted by Crippen LogP contribution is 2.25. The number of benzene rings is 2. The molecule has 1 heterocycles. The summed E-state index contributed by atoms with van der Waals surface area (Å²) in [6, 6.07) is 16.8. The molecule has 0 amide bonds. The summed E-state index contributed by atoms with van der Waals surface area (Å²) < 4.78 is 0. The minimum atomic E-state index is 0.202. The van der Waals surface area contributed by atoms with Gasteiger partial charge in [0.2, 0.25) is 0 Å². The van der Waals surface area contributed by atoms with Gasteiger partial charge in [-0.05, 0) is 18.2 Å². The Labute approximate surface area is 153 Å². The van der Waals surface area contributed by atoms with E-state index in [0.29, 0.717) is 20.7 Å². The predicted molar refractivity (Wildman–Crippen MR) is 99.8 cm³/mol. The van der Waals surface area contributed by atoms with Gasteiger partial charge >= 0.3 is 0 Å². The van der Waals surface area contributed by atoms with Crippen LogP contribution < -0.4 is 5.43 Å². The molecule has 118 valence electrons. The van der Waals surface area contributed by atoms with Crippen molar-refractivity contribution in [2.45, 2.75) is 0 Å². The third-order valence-corrected chi connectivity index (χ3v) is 4.69. The molecule has 0 aliphatic heterocycles. The van der Waals surface area contributed by atoms with Crippen molar-refractivity contribution >= 4 is 45.9 Å². The summed E-state index contributed by atoms with van der Waals surface area (Å²) in [4.78, 5) is 4.47. The molecule has 3 aromatic rings. The fourth-order valence-corrected chi connectivity index (χ4v) is 2.99. The van der Waals surface area contributed by atoms with E-state index in [1.165, 1.54) is 11.3 Å². The number of nitrogens with zero attached hydrogens (tertiary/aromatic N) is 3. The smallest absolute Gasteiger partial charge is 0.196 e. The number of hydrogen-bond acceptors (Lipinski definition) is 5. The van der Waals surface area contributed by atoms with Gasteiger partial charge in [-0.15, -0.1) is 11.3 Å². The number of nitrogens with one attached hydrogen (secondary N) is 1. The van der Waals surface area contributed by atoms with Gasteiger partial charge in [0.1, 0.15) is 6.07 Å². The summed E-state index contributed by atoms with van der Waals surface area (Å²) in [5, 5.41) is 16.8. The lowest BCUT2D eigenvalue weighted by atomic mass is 10.2. The quantitative estimate of drug-likeness (QED) is 0.488. The molecule has 4 nitrogen and oxygen atoms in total. The molecular weight excluding hydrogens is 363 g/mol. The maximum absolute atomic E-state index is 9.33. The maximum atomic E-state index is 9.33. The molecule has 7 heteroatoms. The fourth-order valence-electron chi connectivity index (χ4n) is 1.93. The molecule has 0 saturated carbocycles. The Bertz CT molecular complexity index is 929. The number of rotatable bonds is 4. The number of thiazole rings is 1. The fraction of sp³-hybridized carbons (Fsp3) is 0. The van der Waals surface area contributed by atoms with Crippen LogP contribution in [0.4, 0.5) is 5.69 Å². The second kappa shape index (κ2) is 7.45.